The van der Waals surface area contributed by atoms with E-state index in [-0.39, 0.29) is 6.03 Å². The molecular formula is C20H26N4O. The molecule has 1 heterocycles. The van der Waals surface area contributed by atoms with Gasteiger partial charge in [0, 0.05) is 45.0 Å². The highest BCUT2D eigenvalue weighted by Gasteiger charge is 2.13. The summed E-state index contributed by atoms with van der Waals surface area (Å²) in [7, 11) is 2.16. The van der Waals surface area contributed by atoms with E-state index in [2.05, 4.69) is 51.7 Å². The Morgan fingerprint density at radius 1 is 0.840 bits per heavy atom. The van der Waals surface area contributed by atoms with E-state index in [0.29, 0.717) is 13.1 Å². The van der Waals surface area contributed by atoms with Crippen LogP contribution in [0.4, 0.5) is 10.5 Å². The fraction of sp³-hybridized carbons (Fsp3) is 0.350. The van der Waals surface area contributed by atoms with Crippen molar-refractivity contribution in [2.75, 3.05) is 38.1 Å². The van der Waals surface area contributed by atoms with Crippen LogP contribution < -0.4 is 15.5 Å². The number of nitrogens with one attached hydrogen (secondary N) is 2. The van der Waals surface area contributed by atoms with Crippen molar-refractivity contribution < 1.29 is 4.79 Å². The molecule has 132 valence electrons. The predicted molar refractivity (Wildman–Crippen MR) is 102 cm³/mol. The first-order valence-corrected chi connectivity index (χ1v) is 8.79. The number of hydrogen-bond acceptors (Lipinski definition) is 3. The second-order valence-electron chi connectivity index (χ2n) is 6.48. The fourth-order valence-electron chi connectivity index (χ4n) is 2.91. The summed E-state index contributed by atoms with van der Waals surface area (Å²) in [5.74, 6) is 0. The van der Waals surface area contributed by atoms with Gasteiger partial charge in [-0.3, -0.25) is 0 Å². The van der Waals surface area contributed by atoms with Gasteiger partial charge < -0.3 is 20.4 Å². The first-order valence-electron chi connectivity index (χ1n) is 8.79. The Kier molecular flexibility index (Phi) is 5.90. The van der Waals surface area contributed by atoms with Crippen LogP contribution in [0.1, 0.15) is 11.1 Å². The minimum atomic E-state index is -0.146. The zero-order valence-corrected chi connectivity index (χ0v) is 14.7. The molecule has 5 nitrogen and oxygen atoms in total. The molecule has 25 heavy (non-hydrogen) atoms. The Labute approximate surface area is 149 Å². The van der Waals surface area contributed by atoms with Gasteiger partial charge in [0.15, 0.2) is 0 Å². The quantitative estimate of drug-likeness (QED) is 0.880. The Hall–Kier alpha value is -2.53. The van der Waals surface area contributed by atoms with E-state index in [4.69, 9.17) is 0 Å². The summed E-state index contributed by atoms with van der Waals surface area (Å²) in [6.45, 7) is 5.40. The van der Waals surface area contributed by atoms with Crippen LogP contribution in [0.2, 0.25) is 0 Å². The number of anilines is 1. The van der Waals surface area contributed by atoms with E-state index < -0.39 is 0 Å². The fourth-order valence-corrected chi connectivity index (χ4v) is 2.91. The predicted octanol–water partition coefficient (Wildman–Crippen LogP) is 2.44. The third kappa shape index (κ3) is 5.22. The second kappa shape index (κ2) is 8.53. The van der Waals surface area contributed by atoms with E-state index in [1.807, 2.05) is 30.3 Å². The van der Waals surface area contributed by atoms with Crippen LogP contribution in [-0.2, 0) is 13.1 Å². The molecule has 3 rings (SSSR count). The lowest BCUT2D eigenvalue weighted by Crippen LogP contribution is -2.44. The molecule has 1 fully saturated rings. The monoisotopic (exact) mass is 338 g/mol. The number of nitrogens with zero attached hydrogens (tertiary/aromatic N) is 2. The van der Waals surface area contributed by atoms with Crippen molar-refractivity contribution in [2.24, 2.45) is 0 Å². The van der Waals surface area contributed by atoms with E-state index in [1.165, 1.54) is 5.69 Å². The van der Waals surface area contributed by atoms with Gasteiger partial charge in [-0.2, -0.15) is 0 Å². The Morgan fingerprint density at radius 2 is 1.40 bits per heavy atom. The summed E-state index contributed by atoms with van der Waals surface area (Å²) < 4.78 is 0. The van der Waals surface area contributed by atoms with Crippen LogP contribution in [0.5, 0.6) is 0 Å². The molecule has 1 aliphatic rings. The summed E-state index contributed by atoms with van der Waals surface area (Å²) in [6.07, 6.45) is 0. The lowest BCUT2D eigenvalue weighted by atomic mass is 10.2. The van der Waals surface area contributed by atoms with E-state index >= 15 is 0 Å². The van der Waals surface area contributed by atoms with Gasteiger partial charge in [-0.1, -0.05) is 42.5 Å². The van der Waals surface area contributed by atoms with Crippen molar-refractivity contribution in [1.29, 1.82) is 0 Å². The first kappa shape index (κ1) is 17.3. The normalized spacial score (nSPS) is 15.0. The summed E-state index contributed by atoms with van der Waals surface area (Å²) in [4.78, 5) is 16.7. The molecule has 0 bridgehead atoms. The van der Waals surface area contributed by atoms with E-state index in [9.17, 15) is 4.79 Å². The number of benzene rings is 2. The summed E-state index contributed by atoms with van der Waals surface area (Å²) in [5.41, 5.74) is 3.45. The molecule has 2 aromatic rings. The molecular weight excluding hydrogens is 312 g/mol. The van der Waals surface area contributed by atoms with Gasteiger partial charge in [0.2, 0.25) is 0 Å². The SMILES string of the molecule is CN1CCN(c2ccc(CNC(=O)NCc3ccccc3)cc2)CC1. The van der Waals surface area contributed by atoms with Gasteiger partial charge in [0.05, 0.1) is 0 Å². The topological polar surface area (TPSA) is 47.6 Å². The zero-order valence-electron chi connectivity index (χ0n) is 14.7. The van der Waals surface area contributed by atoms with Crippen LogP contribution in [0, 0.1) is 0 Å². The second-order valence-corrected chi connectivity index (χ2v) is 6.48. The highest BCUT2D eigenvalue weighted by atomic mass is 16.2. The summed E-state index contributed by atoms with van der Waals surface area (Å²) in [5, 5.41) is 5.78. The van der Waals surface area contributed by atoms with Crippen LogP contribution >= 0.6 is 0 Å². The maximum atomic E-state index is 11.9. The molecule has 0 spiro atoms. The summed E-state index contributed by atoms with van der Waals surface area (Å²) >= 11 is 0. The lowest BCUT2D eigenvalue weighted by molar-refractivity contribution is 0.240. The van der Waals surface area contributed by atoms with Crippen molar-refractivity contribution in [3.63, 3.8) is 0 Å². The molecule has 1 saturated heterocycles. The number of rotatable bonds is 5. The van der Waals surface area contributed by atoms with Crippen LogP contribution in [0.25, 0.3) is 0 Å². The van der Waals surface area contributed by atoms with Crippen molar-refractivity contribution in [2.45, 2.75) is 13.1 Å². The number of urea groups is 1. The minimum absolute atomic E-state index is 0.146. The number of amides is 2. The zero-order chi connectivity index (χ0) is 17.5. The molecule has 0 unspecified atom stereocenters. The van der Waals surface area contributed by atoms with E-state index in [0.717, 1.165) is 37.3 Å². The van der Waals surface area contributed by atoms with Crippen LogP contribution in [0.3, 0.4) is 0 Å². The molecule has 2 aromatic carbocycles. The largest absolute Gasteiger partial charge is 0.369 e. The molecule has 5 heteroatoms. The molecule has 1 aliphatic heterocycles. The molecule has 0 radical (unpaired) electrons. The molecule has 2 N–H and O–H groups in total. The maximum Gasteiger partial charge on any atom is 0.315 e. The number of piperazine rings is 1. The van der Waals surface area contributed by atoms with Gasteiger partial charge in [0.1, 0.15) is 0 Å². The number of likely N-dealkylation sites (N-methyl/N-ethyl adjacent to an activating group) is 1. The molecule has 0 atom stereocenters. The third-order valence-electron chi connectivity index (χ3n) is 4.55. The Balaban J connectivity index is 1.43. The standard InChI is InChI=1S/C20H26N4O/c1-23-11-13-24(14-12-23)19-9-7-18(8-10-19)16-22-20(25)21-15-17-5-3-2-4-6-17/h2-10H,11-16H2,1H3,(H2,21,22,25). The minimum Gasteiger partial charge on any atom is -0.369 e. The van der Waals surface area contributed by atoms with Crippen molar-refractivity contribution >= 4 is 11.7 Å². The molecule has 0 saturated carbocycles. The van der Waals surface area contributed by atoms with Crippen LogP contribution in [0.15, 0.2) is 54.6 Å². The summed E-state index contributed by atoms with van der Waals surface area (Å²) in [6, 6.07) is 18.2. The number of carbonyl (C=O) groups excluding carboxylic acids is 1. The Morgan fingerprint density at radius 3 is 2.00 bits per heavy atom. The van der Waals surface area contributed by atoms with Gasteiger partial charge in [-0.25, -0.2) is 4.79 Å². The first-order chi connectivity index (χ1) is 12.2. The highest BCUT2D eigenvalue weighted by molar-refractivity contribution is 5.73. The third-order valence-corrected chi connectivity index (χ3v) is 4.55. The average molecular weight is 338 g/mol. The van der Waals surface area contributed by atoms with Crippen LogP contribution in [-0.4, -0.2) is 44.2 Å². The van der Waals surface area contributed by atoms with Crippen molar-refractivity contribution in [3.05, 3.63) is 65.7 Å². The average Bonchev–Trinajstić information content (AvgIpc) is 2.67. The smallest absolute Gasteiger partial charge is 0.315 e. The molecule has 0 aromatic heterocycles. The van der Waals surface area contributed by atoms with Crippen molar-refractivity contribution in [3.8, 4) is 0 Å². The number of carbonyl (C=O) groups is 1. The number of hydrogen-bond donors (Lipinski definition) is 2. The van der Waals surface area contributed by atoms with Gasteiger partial charge in [-0.15, -0.1) is 0 Å². The Bertz CT molecular complexity index is 664. The lowest BCUT2D eigenvalue weighted by Gasteiger charge is -2.34. The highest BCUT2D eigenvalue weighted by Crippen LogP contribution is 2.17. The molecule has 2 amide bonds. The van der Waals surface area contributed by atoms with E-state index in [1.54, 1.807) is 0 Å². The molecule has 0 aliphatic carbocycles. The van der Waals surface area contributed by atoms with Gasteiger partial charge in [0.25, 0.3) is 0 Å². The van der Waals surface area contributed by atoms with Crippen molar-refractivity contribution in [1.82, 2.24) is 15.5 Å². The van der Waals surface area contributed by atoms with Gasteiger partial charge >= 0.3 is 6.03 Å². The maximum absolute atomic E-state index is 11.9. The van der Waals surface area contributed by atoms with Gasteiger partial charge in [-0.05, 0) is 30.3 Å².